The van der Waals surface area contributed by atoms with Gasteiger partial charge < -0.3 is 4.90 Å². The fourth-order valence-corrected chi connectivity index (χ4v) is 4.73. The van der Waals surface area contributed by atoms with Gasteiger partial charge in [-0.1, -0.05) is 22.0 Å². The molecule has 0 N–H and O–H groups in total. The van der Waals surface area contributed by atoms with Crippen molar-refractivity contribution in [3.05, 3.63) is 29.6 Å². The van der Waals surface area contributed by atoms with Crippen LogP contribution in [-0.2, 0) is 10.0 Å². The zero-order chi connectivity index (χ0) is 15.5. The SMILES string of the molecule is Cc1ccc(F)cc1S(=O)(=O)N1CCCN(CCBr)CC1. The molecule has 1 saturated heterocycles. The third-order valence-electron chi connectivity index (χ3n) is 3.72. The van der Waals surface area contributed by atoms with Gasteiger partial charge in [-0.2, -0.15) is 4.31 Å². The standard InChI is InChI=1S/C14H20BrFN2O2S/c1-12-3-4-13(16)11-14(12)21(19,20)18-7-2-6-17(8-5-15)9-10-18/h3-4,11H,2,5-10H2,1H3. The number of hydrogen-bond acceptors (Lipinski definition) is 3. The van der Waals surface area contributed by atoms with E-state index in [1.54, 1.807) is 6.92 Å². The van der Waals surface area contributed by atoms with Crippen molar-refractivity contribution < 1.29 is 12.8 Å². The van der Waals surface area contributed by atoms with Gasteiger partial charge in [-0.15, -0.1) is 0 Å². The van der Waals surface area contributed by atoms with Crippen LogP contribution in [0.25, 0.3) is 0 Å². The minimum Gasteiger partial charge on any atom is -0.301 e. The molecule has 0 saturated carbocycles. The molecule has 4 nitrogen and oxygen atoms in total. The number of halogens is 2. The van der Waals surface area contributed by atoms with Gasteiger partial charge in [0.1, 0.15) is 5.82 Å². The highest BCUT2D eigenvalue weighted by atomic mass is 79.9. The van der Waals surface area contributed by atoms with Gasteiger partial charge in [-0.25, -0.2) is 12.8 Å². The molecule has 0 aromatic heterocycles. The number of alkyl halides is 1. The quantitative estimate of drug-likeness (QED) is 0.754. The maximum Gasteiger partial charge on any atom is 0.243 e. The van der Waals surface area contributed by atoms with Gasteiger partial charge in [0.25, 0.3) is 0 Å². The van der Waals surface area contributed by atoms with Crippen molar-refractivity contribution >= 4 is 26.0 Å². The van der Waals surface area contributed by atoms with Crippen molar-refractivity contribution in [3.63, 3.8) is 0 Å². The Labute approximate surface area is 134 Å². The molecule has 0 radical (unpaired) electrons. The second-order valence-electron chi connectivity index (χ2n) is 5.20. The van der Waals surface area contributed by atoms with Gasteiger partial charge in [0.2, 0.25) is 10.0 Å². The summed E-state index contributed by atoms with van der Waals surface area (Å²) in [6, 6.07) is 3.91. The highest BCUT2D eigenvalue weighted by molar-refractivity contribution is 9.09. The minimum atomic E-state index is -3.62. The smallest absolute Gasteiger partial charge is 0.243 e. The second-order valence-corrected chi connectivity index (χ2v) is 7.90. The first kappa shape index (κ1) is 16.9. The number of benzene rings is 1. The van der Waals surface area contributed by atoms with E-state index in [1.807, 2.05) is 0 Å². The van der Waals surface area contributed by atoms with Crippen molar-refractivity contribution in [1.29, 1.82) is 0 Å². The lowest BCUT2D eigenvalue weighted by Gasteiger charge is -2.22. The lowest BCUT2D eigenvalue weighted by atomic mass is 10.2. The zero-order valence-corrected chi connectivity index (χ0v) is 14.5. The Bertz CT molecular complexity index is 595. The Morgan fingerprint density at radius 2 is 2.00 bits per heavy atom. The minimum absolute atomic E-state index is 0.0800. The summed E-state index contributed by atoms with van der Waals surface area (Å²) in [6.45, 7) is 5.13. The molecule has 0 unspecified atom stereocenters. The zero-order valence-electron chi connectivity index (χ0n) is 12.1. The van der Waals surface area contributed by atoms with Crippen LogP contribution in [0.3, 0.4) is 0 Å². The highest BCUT2D eigenvalue weighted by Gasteiger charge is 2.28. The third-order valence-corrected chi connectivity index (χ3v) is 6.11. The van der Waals surface area contributed by atoms with E-state index in [9.17, 15) is 12.8 Å². The van der Waals surface area contributed by atoms with Crippen molar-refractivity contribution in [3.8, 4) is 0 Å². The third kappa shape index (κ3) is 4.03. The van der Waals surface area contributed by atoms with Crippen molar-refractivity contribution in [2.75, 3.05) is 38.1 Å². The molecule has 0 aliphatic carbocycles. The molecule has 7 heteroatoms. The van der Waals surface area contributed by atoms with Crippen LogP contribution in [0.15, 0.2) is 23.1 Å². The lowest BCUT2D eigenvalue weighted by Crippen LogP contribution is -2.36. The summed E-state index contributed by atoms with van der Waals surface area (Å²) in [5.74, 6) is -0.519. The van der Waals surface area contributed by atoms with E-state index in [-0.39, 0.29) is 4.90 Å². The summed E-state index contributed by atoms with van der Waals surface area (Å²) in [6.07, 6.45) is 0.792. The monoisotopic (exact) mass is 378 g/mol. The Morgan fingerprint density at radius 1 is 1.24 bits per heavy atom. The fraction of sp³-hybridized carbons (Fsp3) is 0.571. The van der Waals surface area contributed by atoms with Gasteiger partial charge in [0.05, 0.1) is 4.90 Å². The molecule has 0 atom stereocenters. The molecule has 1 heterocycles. The molecular formula is C14H20BrFN2O2S. The lowest BCUT2D eigenvalue weighted by molar-refractivity contribution is 0.305. The van der Waals surface area contributed by atoms with Gasteiger partial charge >= 0.3 is 0 Å². The maximum absolute atomic E-state index is 13.4. The van der Waals surface area contributed by atoms with Crippen LogP contribution in [0.1, 0.15) is 12.0 Å². The van der Waals surface area contributed by atoms with Crippen LogP contribution in [0.2, 0.25) is 0 Å². The van der Waals surface area contributed by atoms with Crippen LogP contribution in [0.5, 0.6) is 0 Å². The molecular weight excluding hydrogens is 359 g/mol. The first-order chi connectivity index (χ1) is 9.95. The summed E-state index contributed by atoms with van der Waals surface area (Å²) in [5, 5.41) is 0.878. The molecule has 2 rings (SSSR count). The van der Waals surface area contributed by atoms with E-state index in [4.69, 9.17) is 0 Å². The summed E-state index contributed by atoms with van der Waals surface area (Å²) in [7, 11) is -3.62. The Hall–Kier alpha value is -0.500. The van der Waals surface area contributed by atoms with E-state index < -0.39 is 15.8 Å². The molecule has 118 valence electrons. The first-order valence-corrected chi connectivity index (χ1v) is 9.56. The molecule has 1 aliphatic rings. The molecule has 1 aromatic rings. The molecule has 0 amide bonds. The Kier molecular flexibility index (Phi) is 5.76. The van der Waals surface area contributed by atoms with Crippen LogP contribution in [0, 0.1) is 12.7 Å². The van der Waals surface area contributed by atoms with E-state index in [0.29, 0.717) is 25.2 Å². The normalized spacial score (nSPS) is 18.6. The van der Waals surface area contributed by atoms with E-state index >= 15 is 0 Å². The van der Waals surface area contributed by atoms with Crippen LogP contribution in [-0.4, -0.2) is 55.7 Å². The predicted octanol–water partition coefficient (Wildman–Crippen LogP) is 2.23. The molecule has 1 aromatic carbocycles. The average molecular weight is 379 g/mol. The molecule has 1 fully saturated rings. The number of nitrogens with zero attached hydrogens (tertiary/aromatic N) is 2. The van der Waals surface area contributed by atoms with Crippen LogP contribution in [0.4, 0.5) is 4.39 Å². The average Bonchev–Trinajstić information content (AvgIpc) is 2.68. The Balaban J connectivity index is 2.21. The molecule has 1 aliphatic heterocycles. The molecule has 0 bridgehead atoms. The number of hydrogen-bond donors (Lipinski definition) is 0. The van der Waals surface area contributed by atoms with Crippen molar-refractivity contribution in [1.82, 2.24) is 9.21 Å². The van der Waals surface area contributed by atoms with Gasteiger partial charge in [-0.05, 0) is 37.6 Å². The summed E-state index contributed by atoms with van der Waals surface area (Å²) in [5.41, 5.74) is 0.581. The van der Waals surface area contributed by atoms with Crippen LogP contribution >= 0.6 is 15.9 Å². The van der Waals surface area contributed by atoms with Gasteiger partial charge in [0.15, 0.2) is 0 Å². The van der Waals surface area contributed by atoms with Gasteiger partial charge in [0, 0.05) is 31.5 Å². The van der Waals surface area contributed by atoms with Crippen molar-refractivity contribution in [2.45, 2.75) is 18.2 Å². The van der Waals surface area contributed by atoms with Crippen molar-refractivity contribution in [2.24, 2.45) is 0 Å². The Morgan fingerprint density at radius 3 is 2.71 bits per heavy atom. The summed E-state index contributed by atoms with van der Waals surface area (Å²) in [4.78, 5) is 2.32. The van der Waals surface area contributed by atoms with Crippen LogP contribution < -0.4 is 0 Å². The number of aryl methyl sites for hydroxylation is 1. The second kappa shape index (κ2) is 7.17. The van der Waals surface area contributed by atoms with E-state index in [2.05, 4.69) is 20.8 Å². The fourth-order valence-electron chi connectivity index (χ4n) is 2.52. The topological polar surface area (TPSA) is 40.6 Å². The molecule has 21 heavy (non-hydrogen) atoms. The van der Waals surface area contributed by atoms with E-state index in [0.717, 1.165) is 30.9 Å². The highest BCUT2D eigenvalue weighted by Crippen LogP contribution is 2.22. The number of rotatable bonds is 4. The number of sulfonamides is 1. The maximum atomic E-state index is 13.4. The summed E-state index contributed by atoms with van der Waals surface area (Å²) >= 11 is 3.40. The molecule has 0 spiro atoms. The van der Waals surface area contributed by atoms with E-state index in [1.165, 1.54) is 16.4 Å². The van der Waals surface area contributed by atoms with Gasteiger partial charge in [-0.3, -0.25) is 0 Å². The first-order valence-electron chi connectivity index (χ1n) is 7.00. The summed E-state index contributed by atoms with van der Waals surface area (Å²) < 4.78 is 40.3. The predicted molar refractivity (Wildman–Crippen MR) is 84.7 cm³/mol. The largest absolute Gasteiger partial charge is 0.301 e.